The molecule has 3 heteroatoms. The van der Waals surface area contributed by atoms with Gasteiger partial charge in [0, 0.05) is 51.9 Å². The summed E-state index contributed by atoms with van der Waals surface area (Å²) in [6.45, 7) is 11.5. The van der Waals surface area contributed by atoms with Gasteiger partial charge < -0.3 is 10.2 Å². The van der Waals surface area contributed by atoms with Crippen molar-refractivity contribution in [2.24, 2.45) is 11.8 Å². The van der Waals surface area contributed by atoms with Crippen LogP contribution in [0.3, 0.4) is 0 Å². The minimum atomic E-state index is 0.849. The molecule has 1 aliphatic carbocycles. The first-order chi connectivity index (χ1) is 8.81. The first-order valence-corrected chi connectivity index (χ1v) is 7.98. The summed E-state index contributed by atoms with van der Waals surface area (Å²) in [4.78, 5) is 5.42. The zero-order valence-corrected chi connectivity index (χ0v) is 11.9. The van der Waals surface area contributed by atoms with Gasteiger partial charge in [-0.25, -0.2) is 0 Å². The van der Waals surface area contributed by atoms with Gasteiger partial charge in [-0.05, 0) is 24.7 Å². The normalized spacial score (nSPS) is 36.5. The van der Waals surface area contributed by atoms with E-state index < -0.39 is 0 Å². The van der Waals surface area contributed by atoms with Gasteiger partial charge in [0.25, 0.3) is 0 Å². The van der Waals surface area contributed by atoms with E-state index in [2.05, 4.69) is 22.0 Å². The van der Waals surface area contributed by atoms with Crippen molar-refractivity contribution in [3.05, 3.63) is 0 Å². The van der Waals surface area contributed by atoms with Gasteiger partial charge in [-0.1, -0.05) is 19.8 Å². The molecule has 0 aromatic rings. The molecule has 0 bridgehead atoms. The van der Waals surface area contributed by atoms with E-state index in [4.69, 9.17) is 0 Å². The topological polar surface area (TPSA) is 18.5 Å². The molecule has 3 fully saturated rings. The summed E-state index contributed by atoms with van der Waals surface area (Å²) in [5, 5.41) is 3.38. The van der Waals surface area contributed by atoms with E-state index in [0.717, 1.165) is 17.9 Å². The lowest BCUT2D eigenvalue weighted by Gasteiger charge is -2.44. The molecule has 2 aliphatic heterocycles. The first kappa shape index (κ1) is 12.9. The lowest BCUT2D eigenvalue weighted by atomic mass is 9.82. The summed E-state index contributed by atoms with van der Waals surface area (Å²) in [5.74, 6) is 1.97. The molecule has 1 N–H and O–H groups in total. The number of nitrogens with zero attached hydrogens (tertiary/aromatic N) is 2. The number of nitrogens with one attached hydrogen (secondary N) is 1. The maximum Gasteiger partial charge on any atom is 0.0346 e. The van der Waals surface area contributed by atoms with Gasteiger partial charge in [-0.15, -0.1) is 0 Å². The largest absolute Gasteiger partial charge is 0.314 e. The molecule has 0 aromatic carbocycles. The highest BCUT2D eigenvalue weighted by molar-refractivity contribution is 4.88. The van der Waals surface area contributed by atoms with Crippen LogP contribution in [0.25, 0.3) is 0 Å². The molecule has 2 saturated heterocycles. The second kappa shape index (κ2) is 5.89. The summed E-state index contributed by atoms with van der Waals surface area (Å²) in [6, 6.07) is 0.849. The maximum atomic E-state index is 3.38. The van der Waals surface area contributed by atoms with E-state index in [9.17, 15) is 0 Å². The van der Waals surface area contributed by atoms with Gasteiger partial charge >= 0.3 is 0 Å². The molecule has 0 spiro atoms. The third-order valence-corrected chi connectivity index (χ3v) is 5.24. The Morgan fingerprint density at radius 2 is 1.83 bits per heavy atom. The van der Waals surface area contributed by atoms with E-state index in [1.807, 2.05) is 0 Å². The average Bonchev–Trinajstić information content (AvgIpc) is 2.29. The Kier molecular flexibility index (Phi) is 4.22. The van der Waals surface area contributed by atoms with Crippen molar-refractivity contribution in [3.63, 3.8) is 0 Å². The highest BCUT2D eigenvalue weighted by Crippen LogP contribution is 2.29. The SMILES string of the molecule is CC1CCCC(CN2CCN(C3CNC3)CC2)C1. The average molecular weight is 251 g/mol. The molecule has 0 aromatic heterocycles. The molecule has 3 nitrogen and oxygen atoms in total. The van der Waals surface area contributed by atoms with E-state index in [0.29, 0.717) is 0 Å². The van der Waals surface area contributed by atoms with Crippen molar-refractivity contribution in [2.75, 3.05) is 45.8 Å². The van der Waals surface area contributed by atoms with E-state index >= 15 is 0 Å². The number of hydrogen-bond donors (Lipinski definition) is 1. The number of hydrogen-bond acceptors (Lipinski definition) is 3. The molecule has 2 atom stereocenters. The van der Waals surface area contributed by atoms with Gasteiger partial charge in [0.15, 0.2) is 0 Å². The first-order valence-electron chi connectivity index (χ1n) is 7.98. The second-order valence-corrected chi connectivity index (χ2v) is 6.79. The molecule has 3 aliphatic rings. The van der Waals surface area contributed by atoms with Crippen LogP contribution in [-0.4, -0.2) is 61.7 Å². The third-order valence-electron chi connectivity index (χ3n) is 5.24. The molecule has 2 unspecified atom stereocenters. The Morgan fingerprint density at radius 1 is 1.06 bits per heavy atom. The van der Waals surface area contributed by atoms with Crippen molar-refractivity contribution in [2.45, 2.75) is 38.6 Å². The molecule has 3 rings (SSSR count). The van der Waals surface area contributed by atoms with Crippen molar-refractivity contribution in [1.29, 1.82) is 0 Å². The van der Waals surface area contributed by atoms with Gasteiger partial charge in [0.2, 0.25) is 0 Å². The maximum absolute atomic E-state index is 3.38. The van der Waals surface area contributed by atoms with Crippen molar-refractivity contribution >= 4 is 0 Å². The minimum absolute atomic E-state index is 0.849. The molecule has 0 radical (unpaired) electrons. The van der Waals surface area contributed by atoms with Gasteiger partial charge in [-0.2, -0.15) is 0 Å². The molecule has 2 heterocycles. The second-order valence-electron chi connectivity index (χ2n) is 6.79. The Bertz CT molecular complexity index is 256. The van der Waals surface area contributed by atoms with E-state index in [1.54, 1.807) is 0 Å². The van der Waals surface area contributed by atoms with Crippen LogP contribution in [0, 0.1) is 11.8 Å². The standard InChI is InChI=1S/C15H29N3/c1-13-3-2-4-14(9-13)12-17-5-7-18(8-6-17)15-10-16-11-15/h13-16H,2-12H2,1H3. The summed E-state index contributed by atoms with van der Waals surface area (Å²) >= 11 is 0. The number of piperazine rings is 1. The predicted octanol–water partition coefficient (Wildman–Crippen LogP) is 1.40. The Morgan fingerprint density at radius 3 is 2.44 bits per heavy atom. The molecule has 18 heavy (non-hydrogen) atoms. The number of rotatable bonds is 3. The summed E-state index contributed by atoms with van der Waals surface area (Å²) in [7, 11) is 0. The van der Waals surface area contributed by atoms with Crippen molar-refractivity contribution < 1.29 is 0 Å². The zero-order valence-electron chi connectivity index (χ0n) is 11.9. The van der Waals surface area contributed by atoms with E-state index in [-0.39, 0.29) is 0 Å². The van der Waals surface area contributed by atoms with Crippen LogP contribution in [-0.2, 0) is 0 Å². The van der Waals surface area contributed by atoms with Crippen LogP contribution < -0.4 is 5.32 Å². The highest BCUT2D eigenvalue weighted by atomic mass is 15.3. The van der Waals surface area contributed by atoms with Crippen molar-refractivity contribution in [3.8, 4) is 0 Å². The minimum Gasteiger partial charge on any atom is -0.314 e. The summed E-state index contributed by atoms with van der Waals surface area (Å²) in [6.07, 6.45) is 5.91. The summed E-state index contributed by atoms with van der Waals surface area (Å²) in [5.41, 5.74) is 0. The third kappa shape index (κ3) is 3.06. The van der Waals surface area contributed by atoms with Gasteiger partial charge in [0.05, 0.1) is 0 Å². The fourth-order valence-corrected chi connectivity index (χ4v) is 3.93. The van der Waals surface area contributed by atoms with Crippen LogP contribution in [0.1, 0.15) is 32.6 Å². The Hall–Kier alpha value is -0.120. The quantitative estimate of drug-likeness (QED) is 0.818. The van der Waals surface area contributed by atoms with Crippen LogP contribution in [0.4, 0.5) is 0 Å². The lowest BCUT2D eigenvalue weighted by molar-refractivity contribution is 0.0596. The Labute approximate surface area is 112 Å². The van der Waals surface area contributed by atoms with Crippen LogP contribution >= 0.6 is 0 Å². The predicted molar refractivity (Wildman–Crippen MR) is 75.8 cm³/mol. The molecule has 0 amide bonds. The molecular weight excluding hydrogens is 222 g/mol. The fourth-order valence-electron chi connectivity index (χ4n) is 3.93. The smallest absolute Gasteiger partial charge is 0.0346 e. The molecule has 1 saturated carbocycles. The fraction of sp³-hybridized carbons (Fsp3) is 1.00. The molecule has 104 valence electrons. The molecular formula is C15H29N3. The van der Waals surface area contributed by atoms with E-state index in [1.165, 1.54) is 71.5 Å². The van der Waals surface area contributed by atoms with Crippen LogP contribution in [0.15, 0.2) is 0 Å². The van der Waals surface area contributed by atoms with Crippen LogP contribution in [0.5, 0.6) is 0 Å². The lowest BCUT2D eigenvalue weighted by Crippen LogP contribution is -2.61. The summed E-state index contributed by atoms with van der Waals surface area (Å²) < 4.78 is 0. The Balaban J connectivity index is 1.39. The van der Waals surface area contributed by atoms with Gasteiger partial charge in [-0.3, -0.25) is 4.90 Å². The van der Waals surface area contributed by atoms with Crippen LogP contribution in [0.2, 0.25) is 0 Å². The zero-order chi connectivity index (χ0) is 12.4. The van der Waals surface area contributed by atoms with Gasteiger partial charge in [0.1, 0.15) is 0 Å². The highest BCUT2D eigenvalue weighted by Gasteiger charge is 2.29. The monoisotopic (exact) mass is 251 g/mol. The van der Waals surface area contributed by atoms with Crippen molar-refractivity contribution in [1.82, 2.24) is 15.1 Å².